The van der Waals surface area contributed by atoms with E-state index < -0.39 is 11.1 Å². The number of phenols is 1. The second kappa shape index (κ2) is 20.4. The number of phenolic OH excluding ortho intramolecular Hbond substituents is 1. The third-order valence-corrected chi connectivity index (χ3v) is 8.88. The van der Waals surface area contributed by atoms with E-state index in [1.807, 2.05) is 6.92 Å². The van der Waals surface area contributed by atoms with Gasteiger partial charge in [-0.05, 0) is 42.8 Å². The van der Waals surface area contributed by atoms with Crippen molar-refractivity contribution < 1.29 is 71.9 Å². The van der Waals surface area contributed by atoms with Crippen molar-refractivity contribution in [2.24, 2.45) is 20.5 Å². The zero-order valence-electron chi connectivity index (χ0n) is 26.3. The lowest BCUT2D eigenvalue weighted by Gasteiger charge is -2.13. The monoisotopic (exact) mass is 789 g/mol. The van der Waals surface area contributed by atoms with E-state index in [9.17, 15) is 9.32 Å². The zero-order valence-corrected chi connectivity index (χ0v) is 29.6. The molecule has 0 heterocycles. The van der Waals surface area contributed by atoms with Gasteiger partial charge in [0, 0.05) is 22.9 Å². The molecule has 6 N–H and O–H groups in total. The molecule has 0 spiro atoms. The largest absolute Gasteiger partial charge is 0.505 e. The molecule has 0 amide bonds. The Labute approximate surface area is 303 Å². The van der Waals surface area contributed by atoms with Crippen LogP contribution in [0.1, 0.15) is 5.56 Å². The predicted octanol–water partition coefficient (Wildman–Crippen LogP) is 8.18. The molecule has 24 heteroatoms. The second-order valence-electron chi connectivity index (χ2n) is 9.29. The highest BCUT2D eigenvalue weighted by Gasteiger charge is 2.20. The summed E-state index contributed by atoms with van der Waals surface area (Å²) in [5.41, 5.74) is 7.94. The van der Waals surface area contributed by atoms with Crippen molar-refractivity contribution in [1.29, 1.82) is 0 Å². The Morgan fingerprint density at radius 2 is 1.41 bits per heavy atom. The highest BCUT2D eigenvalue weighted by molar-refractivity contribution is 7.95. The first kappa shape index (κ1) is 40.1. The summed E-state index contributed by atoms with van der Waals surface area (Å²) in [5.74, 6) is -0.0469. The number of azo groups is 2. The Kier molecular flexibility index (Phi) is 16.0. The van der Waals surface area contributed by atoms with Gasteiger partial charge in [0.1, 0.15) is 34.2 Å². The molecule has 20 nitrogen and oxygen atoms in total. The predicted molar refractivity (Wildman–Crippen MR) is 181 cm³/mol. The fourth-order valence-corrected chi connectivity index (χ4v) is 5.96. The molecule has 0 aromatic heterocycles. The maximum Gasteiger partial charge on any atom is 0.193 e. The first-order valence-corrected chi connectivity index (χ1v) is 17.1. The van der Waals surface area contributed by atoms with E-state index in [1.54, 1.807) is 18.2 Å². The minimum atomic E-state index is -1.96. The summed E-state index contributed by atoms with van der Waals surface area (Å²) in [7, 11) is 2.79. The summed E-state index contributed by atoms with van der Waals surface area (Å²) in [5, 5.41) is 65.5. The molecule has 1 unspecified atom stereocenters. The Balaban J connectivity index is 1.68. The summed E-state index contributed by atoms with van der Waals surface area (Å²) >= 11 is -0.00514. The van der Waals surface area contributed by atoms with Crippen molar-refractivity contribution in [3.05, 3.63) is 54.1 Å². The molecule has 0 aliphatic rings. The highest BCUT2D eigenvalue weighted by atomic mass is 32.2. The topological polar surface area (TPSA) is 266 Å². The van der Waals surface area contributed by atoms with Crippen molar-refractivity contribution in [3.63, 3.8) is 0 Å². The number of fused-ring (bicyclic) bond motifs is 1. The van der Waals surface area contributed by atoms with E-state index in [-0.39, 0.29) is 62.6 Å². The minimum Gasteiger partial charge on any atom is -0.505 e. The fraction of sp³-hybridized carbons (Fsp3) is 0.185. The number of aromatic hydroxyl groups is 1. The Hall–Kier alpha value is -3.70. The van der Waals surface area contributed by atoms with Crippen LogP contribution in [-0.2, 0) is 48.4 Å². The summed E-state index contributed by atoms with van der Waals surface area (Å²) in [6.45, 7) is 1.68. The van der Waals surface area contributed by atoms with Crippen LogP contribution in [-0.4, -0.2) is 51.7 Å². The fourth-order valence-electron chi connectivity index (χ4n) is 4.04. The van der Waals surface area contributed by atoms with Gasteiger partial charge in [0.25, 0.3) is 0 Å². The number of aryl methyl sites for hydroxylation is 1. The highest BCUT2D eigenvalue weighted by Crippen LogP contribution is 2.49. The number of benzene rings is 4. The molecule has 0 bridgehead atoms. The smallest absolute Gasteiger partial charge is 0.193 e. The normalized spacial score (nSPS) is 12.4. The Morgan fingerprint density at radius 1 is 0.725 bits per heavy atom. The van der Waals surface area contributed by atoms with Gasteiger partial charge in [-0.15, -0.1) is 33.5 Å². The molecular formula is C27H27N5O15S4. The van der Waals surface area contributed by atoms with Gasteiger partial charge >= 0.3 is 0 Å². The van der Waals surface area contributed by atoms with Crippen molar-refractivity contribution in [2.75, 3.05) is 32.3 Å². The molecule has 0 saturated heterocycles. The molecular weight excluding hydrogens is 763 g/mol. The number of rotatable bonds is 20. The van der Waals surface area contributed by atoms with Gasteiger partial charge in [-0.25, -0.2) is 24.9 Å². The number of ether oxygens (including phenoxy) is 2. The Bertz CT molecular complexity index is 1890. The molecule has 0 aliphatic heterocycles. The van der Waals surface area contributed by atoms with E-state index in [1.165, 1.54) is 44.6 Å². The van der Waals surface area contributed by atoms with Crippen molar-refractivity contribution >= 4 is 86.4 Å². The number of methoxy groups -OCH3 is 2. The SMILES string of the molecule is COc1cc(SOOCCS(=O)OOO)c(OC)cc1N=Nc1c(SOOO)cc2c(N=Nc3ccc(C)cc3SOOO)c(N)ccc2c1O. The van der Waals surface area contributed by atoms with Gasteiger partial charge in [0.15, 0.2) is 16.8 Å². The molecule has 274 valence electrons. The maximum absolute atomic E-state index is 11.4. The van der Waals surface area contributed by atoms with Crippen LogP contribution in [0.4, 0.5) is 28.4 Å². The number of hydrogen-bond donors (Lipinski definition) is 5. The zero-order chi connectivity index (χ0) is 36.8. The van der Waals surface area contributed by atoms with Crippen LogP contribution in [0, 0.1) is 6.92 Å². The molecule has 4 rings (SSSR count). The van der Waals surface area contributed by atoms with Crippen LogP contribution in [0.15, 0.2) is 83.7 Å². The standard InChI is InChI=1S/C27H27N5O15S4/c1-14-4-7-18(22(10-14)48-45-41-34)29-31-25-16-11-24(50-46-42-35)26(27(33)15(16)5-6-17(25)28)32-30-19-12-21(39-3)23(13-20(19)38-2)49-44-40-8-9-51(37)47-43-36/h4-7,10-13,33-36H,8-9,28H2,1-3H3. The van der Waals surface area contributed by atoms with Gasteiger partial charge in [-0.1, -0.05) is 21.2 Å². The first-order valence-electron chi connectivity index (χ1n) is 13.6. The number of anilines is 1. The second-order valence-corrected chi connectivity index (χ2v) is 12.7. The maximum atomic E-state index is 11.4. The van der Waals surface area contributed by atoms with Crippen molar-refractivity contribution in [1.82, 2.24) is 0 Å². The van der Waals surface area contributed by atoms with Gasteiger partial charge < -0.3 is 20.3 Å². The van der Waals surface area contributed by atoms with Crippen LogP contribution < -0.4 is 15.2 Å². The van der Waals surface area contributed by atoms with Crippen LogP contribution >= 0.6 is 36.1 Å². The lowest BCUT2D eigenvalue weighted by atomic mass is 10.1. The summed E-state index contributed by atoms with van der Waals surface area (Å²) in [4.78, 5) is 5.92. The summed E-state index contributed by atoms with van der Waals surface area (Å²) in [6, 6.07) is 12.7. The van der Waals surface area contributed by atoms with Crippen molar-refractivity contribution in [2.45, 2.75) is 21.6 Å². The van der Waals surface area contributed by atoms with Crippen LogP contribution in [0.2, 0.25) is 0 Å². The average Bonchev–Trinajstić information content (AvgIpc) is 3.12. The number of nitrogen functional groups attached to an aromatic ring is 1. The van der Waals surface area contributed by atoms with Gasteiger partial charge in [0.05, 0.1) is 83.1 Å². The molecule has 51 heavy (non-hydrogen) atoms. The molecule has 4 aromatic carbocycles. The third-order valence-electron chi connectivity index (χ3n) is 6.25. The summed E-state index contributed by atoms with van der Waals surface area (Å²) in [6.07, 6.45) is 0. The van der Waals surface area contributed by atoms with Gasteiger partial charge in [0.2, 0.25) is 0 Å². The van der Waals surface area contributed by atoms with E-state index in [2.05, 4.69) is 48.6 Å². The lowest BCUT2D eigenvalue weighted by Crippen LogP contribution is -2.07. The molecule has 0 saturated carbocycles. The number of nitrogens with zero attached hydrogens (tertiary/aromatic N) is 4. The minimum absolute atomic E-state index is 0.0975. The van der Waals surface area contributed by atoms with Crippen LogP contribution in [0.5, 0.6) is 17.2 Å². The molecule has 0 radical (unpaired) electrons. The van der Waals surface area contributed by atoms with E-state index >= 15 is 0 Å². The molecule has 1 atom stereocenters. The number of hydrogen-bond acceptors (Lipinski definition) is 23. The quantitative estimate of drug-likeness (QED) is 0.0141. The van der Waals surface area contributed by atoms with E-state index in [0.717, 1.165) is 17.6 Å². The van der Waals surface area contributed by atoms with Crippen LogP contribution in [0.3, 0.4) is 0 Å². The lowest BCUT2D eigenvalue weighted by molar-refractivity contribution is -0.435. The molecule has 0 aliphatic carbocycles. The van der Waals surface area contributed by atoms with E-state index in [4.69, 9.17) is 40.2 Å². The van der Waals surface area contributed by atoms with Gasteiger partial charge in [-0.2, -0.15) is 4.33 Å². The molecule has 0 fully saturated rings. The van der Waals surface area contributed by atoms with Gasteiger partial charge in [-0.3, -0.25) is 0 Å². The Morgan fingerprint density at radius 3 is 2.12 bits per heavy atom. The van der Waals surface area contributed by atoms with Crippen molar-refractivity contribution in [3.8, 4) is 17.2 Å². The molecule has 4 aromatic rings. The number of nitrogens with two attached hydrogens (primary N) is 1. The van der Waals surface area contributed by atoms with E-state index in [0.29, 0.717) is 45.0 Å². The summed E-state index contributed by atoms with van der Waals surface area (Å²) < 4.78 is 40.5. The first-order chi connectivity index (χ1) is 24.7. The third kappa shape index (κ3) is 10.9. The van der Waals surface area contributed by atoms with Crippen LogP contribution in [0.25, 0.3) is 10.8 Å². The average molecular weight is 790 g/mol.